The maximum atomic E-state index is 4.01. The van der Waals surface area contributed by atoms with Crippen LogP contribution in [0.1, 0.15) is 109 Å². The summed E-state index contributed by atoms with van der Waals surface area (Å²) in [5.74, 6) is 10.0. The van der Waals surface area contributed by atoms with Gasteiger partial charge >= 0.3 is 0 Å². The highest BCUT2D eigenvalue weighted by Crippen LogP contribution is 2.60. The number of fused-ring (bicyclic) bond motifs is 4. The predicted octanol–water partition coefficient (Wildman–Crippen LogP) is 8.42. The van der Waals surface area contributed by atoms with Crippen molar-refractivity contribution in [3.05, 3.63) is 12.7 Å². The molecule has 8 atom stereocenters. The fourth-order valence-corrected chi connectivity index (χ4v) is 9.75. The van der Waals surface area contributed by atoms with Gasteiger partial charge in [0.25, 0.3) is 0 Å². The van der Waals surface area contributed by atoms with Crippen LogP contribution in [0.15, 0.2) is 12.7 Å². The van der Waals surface area contributed by atoms with Crippen molar-refractivity contribution in [2.45, 2.75) is 109 Å². The van der Waals surface area contributed by atoms with E-state index in [1.165, 1.54) is 25.7 Å². The Morgan fingerprint density at radius 2 is 1.00 bits per heavy atom. The van der Waals surface area contributed by atoms with E-state index in [2.05, 4.69) is 12.7 Å². The molecule has 5 aliphatic carbocycles. The SMILES string of the molecule is C=CCCC1CC(CCC2C3CCCCC3C3CCCCC32)C2CCCCC12. The standard InChI is InChI=1S/C28H46/c1-2-3-10-20-19-21(23-12-5-4-11-22(20)23)17-18-28-26-15-8-6-13-24(26)25-14-7-9-16-27(25)28/h2,20-28H,1,3-19H2. The summed E-state index contributed by atoms with van der Waals surface area (Å²) in [7, 11) is 0. The van der Waals surface area contributed by atoms with E-state index in [0.29, 0.717) is 0 Å². The Balaban J connectivity index is 1.25. The van der Waals surface area contributed by atoms with Crippen molar-refractivity contribution in [3.8, 4) is 0 Å². The molecule has 5 fully saturated rings. The maximum absolute atomic E-state index is 4.01. The molecule has 0 spiro atoms. The van der Waals surface area contributed by atoms with Gasteiger partial charge in [0.05, 0.1) is 0 Å². The van der Waals surface area contributed by atoms with Crippen molar-refractivity contribution in [2.24, 2.45) is 53.3 Å². The van der Waals surface area contributed by atoms with Crippen LogP contribution in [0.5, 0.6) is 0 Å². The summed E-state index contributed by atoms with van der Waals surface area (Å²) < 4.78 is 0. The van der Waals surface area contributed by atoms with Gasteiger partial charge in [0, 0.05) is 0 Å². The molecule has 0 heteroatoms. The van der Waals surface area contributed by atoms with Gasteiger partial charge in [-0.05, 0) is 124 Å². The molecule has 0 aromatic rings. The third kappa shape index (κ3) is 3.65. The van der Waals surface area contributed by atoms with Gasteiger partial charge in [-0.25, -0.2) is 0 Å². The van der Waals surface area contributed by atoms with Crippen molar-refractivity contribution >= 4 is 0 Å². The third-order valence-electron chi connectivity index (χ3n) is 10.7. The predicted molar refractivity (Wildman–Crippen MR) is 120 cm³/mol. The molecule has 0 aromatic heterocycles. The van der Waals surface area contributed by atoms with Gasteiger partial charge in [-0.2, -0.15) is 0 Å². The molecule has 0 N–H and O–H groups in total. The van der Waals surface area contributed by atoms with Gasteiger partial charge in [-0.1, -0.05) is 44.6 Å². The molecule has 28 heavy (non-hydrogen) atoms. The molecule has 0 radical (unpaired) electrons. The quantitative estimate of drug-likeness (QED) is 0.404. The van der Waals surface area contributed by atoms with Gasteiger partial charge in [-0.15, -0.1) is 6.58 Å². The average Bonchev–Trinajstić information content (AvgIpc) is 3.27. The van der Waals surface area contributed by atoms with Crippen LogP contribution in [-0.4, -0.2) is 0 Å². The Morgan fingerprint density at radius 3 is 1.54 bits per heavy atom. The van der Waals surface area contributed by atoms with E-state index >= 15 is 0 Å². The molecule has 5 aliphatic rings. The molecule has 0 aromatic carbocycles. The fraction of sp³-hybridized carbons (Fsp3) is 0.929. The van der Waals surface area contributed by atoms with Crippen LogP contribution in [0.25, 0.3) is 0 Å². The lowest BCUT2D eigenvalue weighted by Crippen LogP contribution is -2.24. The summed E-state index contributed by atoms with van der Waals surface area (Å²) in [6.45, 7) is 4.01. The zero-order valence-electron chi connectivity index (χ0n) is 18.5. The molecular weight excluding hydrogens is 336 g/mol. The fourth-order valence-electron chi connectivity index (χ4n) is 9.75. The smallest absolute Gasteiger partial charge is 0.0351 e. The Morgan fingerprint density at radius 1 is 0.536 bits per heavy atom. The highest BCUT2D eigenvalue weighted by Gasteiger charge is 2.51. The van der Waals surface area contributed by atoms with E-state index in [9.17, 15) is 0 Å². The molecule has 5 saturated carbocycles. The van der Waals surface area contributed by atoms with Crippen LogP contribution >= 0.6 is 0 Å². The molecule has 5 rings (SSSR count). The van der Waals surface area contributed by atoms with Crippen LogP contribution in [-0.2, 0) is 0 Å². The molecule has 0 saturated heterocycles. The first kappa shape index (κ1) is 19.7. The van der Waals surface area contributed by atoms with E-state index in [-0.39, 0.29) is 0 Å². The summed E-state index contributed by atoms with van der Waals surface area (Å²) >= 11 is 0. The lowest BCUT2D eigenvalue weighted by atomic mass is 9.72. The molecule has 8 unspecified atom stereocenters. The second kappa shape index (κ2) is 8.85. The van der Waals surface area contributed by atoms with E-state index in [1.54, 1.807) is 83.5 Å². The Labute approximate surface area is 175 Å². The normalized spacial score (nSPS) is 47.9. The number of rotatable bonds is 6. The number of hydrogen-bond donors (Lipinski definition) is 0. The third-order valence-corrected chi connectivity index (χ3v) is 10.7. The maximum Gasteiger partial charge on any atom is -0.0351 e. The summed E-state index contributed by atoms with van der Waals surface area (Å²) in [6, 6.07) is 0. The highest BCUT2D eigenvalue weighted by atomic mass is 14.6. The largest absolute Gasteiger partial charge is 0.103 e. The monoisotopic (exact) mass is 382 g/mol. The molecular formula is C28H46. The number of allylic oxidation sites excluding steroid dienone is 1. The van der Waals surface area contributed by atoms with Crippen molar-refractivity contribution in [3.63, 3.8) is 0 Å². The first-order valence-electron chi connectivity index (χ1n) is 13.5. The Kier molecular flexibility index (Phi) is 6.22. The summed E-state index contributed by atoms with van der Waals surface area (Å²) in [4.78, 5) is 0. The van der Waals surface area contributed by atoms with Crippen LogP contribution < -0.4 is 0 Å². The lowest BCUT2D eigenvalue weighted by Gasteiger charge is -2.34. The summed E-state index contributed by atoms with van der Waals surface area (Å²) in [5, 5.41) is 0. The second-order valence-corrected chi connectivity index (χ2v) is 11.7. The topological polar surface area (TPSA) is 0 Å². The van der Waals surface area contributed by atoms with Gasteiger partial charge in [0.1, 0.15) is 0 Å². The molecule has 0 bridgehead atoms. The number of hydrogen-bond acceptors (Lipinski definition) is 0. The molecule has 158 valence electrons. The van der Waals surface area contributed by atoms with Crippen molar-refractivity contribution in [1.82, 2.24) is 0 Å². The molecule has 0 aliphatic heterocycles. The average molecular weight is 383 g/mol. The van der Waals surface area contributed by atoms with Gasteiger partial charge in [0.15, 0.2) is 0 Å². The minimum Gasteiger partial charge on any atom is -0.103 e. The van der Waals surface area contributed by atoms with Crippen LogP contribution in [0.2, 0.25) is 0 Å². The van der Waals surface area contributed by atoms with Gasteiger partial charge < -0.3 is 0 Å². The van der Waals surface area contributed by atoms with E-state index < -0.39 is 0 Å². The molecule has 0 heterocycles. The Hall–Kier alpha value is -0.260. The van der Waals surface area contributed by atoms with Crippen molar-refractivity contribution in [1.29, 1.82) is 0 Å². The summed E-state index contributed by atoms with van der Waals surface area (Å²) in [6.07, 6.45) is 28.5. The van der Waals surface area contributed by atoms with Gasteiger partial charge in [-0.3, -0.25) is 0 Å². The van der Waals surface area contributed by atoms with Crippen molar-refractivity contribution < 1.29 is 0 Å². The van der Waals surface area contributed by atoms with Crippen LogP contribution in [0, 0.1) is 53.3 Å². The summed E-state index contributed by atoms with van der Waals surface area (Å²) in [5.41, 5.74) is 0. The zero-order chi connectivity index (χ0) is 18.9. The Bertz CT molecular complexity index is 498. The molecule has 0 nitrogen and oxygen atoms in total. The van der Waals surface area contributed by atoms with E-state index in [4.69, 9.17) is 0 Å². The van der Waals surface area contributed by atoms with Crippen LogP contribution in [0.3, 0.4) is 0 Å². The minimum atomic E-state index is 1.04. The van der Waals surface area contributed by atoms with Crippen LogP contribution in [0.4, 0.5) is 0 Å². The van der Waals surface area contributed by atoms with E-state index in [1.807, 2.05) is 0 Å². The minimum absolute atomic E-state index is 1.04. The zero-order valence-corrected chi connectivity index (χ0v) is 18.5. The highest BCUT2D eigenvalue weighted by molar-refractivity contribution is 5.00. The van der Waals surface area contributed by atoms with Crippen molar-refractivity contribution in [2.75, 3.05) is 0 Å². The second-order valence-electron chi connectivity index (χ2n) is 11.7. The molecule has 0 amide bonds. The lowest BCUT2D eigenvalue weighted by molar-refractivity contribution is 0.166. The van der Waals surface area contributed by atoms with E-state index in [0.717, 1.165) is 53.3 Å². The first-order chi connectivity index (χ1) is 13.9. The van der Waals surface area contributed by atoms with Gasteiger partial charge in [0.2, 0.25) is 0 Å². The first-order valence-corrected chi connectivity index (χ1v) is 13.5.